The first-order valence-electron chi connectivity index (χ1n) is 5.57. The molecule has 0 radical (unpaired) electrons. The third-order valence-corrected chi connectivity index (χ3v) is 2.70. The summed E-state index contributed by atoms with van der Waals surface area (Å²) in [4.78, 5) is 11.7. The van der Waals surface area contributed by atoms with Crippen LogP contribution >= 0.6 is 0 Å². The molecule has 0 fully saturated rings. The summed E-state index contributed by atoms with van der Waals surface area (Å²) in [5.41, 5.74) is -0.824. The van der Waals surface area contributed by atoms with Crippen molar-refractivity contribution >= 4 is 5.91 Å². The summed E-state index contributed by atoms with van der Waals surface area (Å²) < 4.78 is 39.4. The number of amides is 1. The van der Waals surface area contributed by atoms with E-state index in [1.807, 2.05) is 0 Å². The van der Waals surface area contributed by atoms with Crippen molar-refractivity contribution in [3.63, 3.8) is 0 Å². The fourth-order valence-electron chi connectivity index (χ4n) is 1.42. The van der Waals surface area contributed by atoms with Crippen molar-refractivity contribution in [2.45, 2.75) is 19.9 Å². The minimum atomic E-state index is -1.75. The average molecular weight is 277 g/mol. The Balaban J connectivity index is 3.07. The number of benzene rings is 1. The molecule has 0 saturated carbocycles. The van der Waals surface area contributed by atoms with Crippen LogP contribution in [0.4, 0.5) is 13.2 Å². The number of aromatic hydroxyl groups is 1. The number of hydrogen-bond donors (Lipinski definition) is 3. The van der Waals surface area contributed by atoms with E-state index >= 15 is 0 Å². The Labute approximate surface area is 107 Å². The van der Waals surface area contributed by atoms with Gasteiger partial charge in [-0.2, -0.15) is 4.39 Å². The average Bonchev–Trinajstić information content (AvgIpc) is 2.36. The zero-order valence-electron chi connectivity index (χ0n) is 10.4. The highest BCUT2D eigenvalue weighted by Gasteiger charge is 2.24. The van der Waals surface area contributed by atoms with E-state index in [1.165, 1.54) is 0 Å². The number of halogens is 3. The number of phenols is 1. The minimum Gasteiger partial charge on any atom is -0.503 e. The van der Waals surface area contributed by atoms with Gasteiger partial charge in [-0.25, -0.2) is 8.78 Å². The summed E-state index contributed by atoms with van der Waals surface area (Å²) in [6, 6.07) is -0.309. The lowest BCUT2D eigenvalue weighted by Gasteiger charge is -2.20. The molecule has 4 nitrogen and oxygen atoms in total. The number of carbonyl (C=O) groups excluding carboxylic acids is 1. The lowest BCUT2D eigenvalue weighted by molar-refractivity contribution is 0.0891. The van der Waals surface area contributed by atoms with E-state index in [9.17, 15) is 18.0 Å². The van der Waals surface area contributed by atoms with Gasteiger partial charge in [0.25, 0.3) is 5.91 Å². The Morgan fingerprint density at radius 1 is 1.32 bits per heavy atom. The normalized spacial score (nSPS) is 12.6. The number of aliphatic hydroxyl groups excluding tert-OH is 1. The van der Waals surface area contributed by atoms with Gasteiger partial charge < -0.3 is 15.5 Å². The van der Waals surface area contributed by atoms with Crippen LogP contribution in [0, 0.1) is 23.4 Å². The summed E-state index contributed by atoms with van der Waals surface area (Å²) in [5.74, 6) is -7.56. The SMILES string of the molecule is CC(C)C(CO)NC(=O)c1cc(F)c(F)c(O)c1F. The summed E-state index contributed by atoms with van der Waals surface area (Å²) in [6.45, 7) is 3.03. The molecule has 1 aromatic rings. The standard InChI is InChI=1S/C12H14F3NO3/c1-5(2)8(4-17)16-12(19)6-3-7(13)10(15)11(18)9(6)14/h3,5,8,17-18H,4H2,1-2H3,(H,16,19). The smallest absolute Gasteiger partial charge is 0.254 e. The van der Waals surface area contributed by atoms with E-state index in [1.54, 1.807) is 13.8 Å². The van der Waals surface area contributed by atoms with Crippen molar-refractivity contribution in [3.8, 4) is 5.75 Å². The summed E-state index contributed by atoms with van der Waals surface area (Å²) in [6.07, 6.45) is 0. The quantitative estimate of drug-likeness (QED) is 0.731. The van der Waals surface area contributed by atoms with Crippen LogP contribution in [0.15, 0.2) is 6.07 Å². The molecular weight excluding hydrogens is 263 g/mol. The van der Waals surface area contributed by atoms with Gasteiger partial charge in [0.2, 0.25) is 5.82 Å². The Morgan fingerprint density at radius 2 is 1.89 bits per heavy atom. The van der Waals surface area contributed by atoms with Gasteiger partial charge in [-0.3, -0.25) is 4.79 Å². The zero-order chi connectivity index (χ0) is 14.7. The first-order valence-corrected chi connectivity index (χ1v) is 5.57. The van der Waals surface area contributed by atoms with E-state index in [-0.39, 0.29) is 12.5 Å². The molecular formula is C12H14F3NO3. The van der Waals surface area contributed by atoms with Crippen molar-refractivity contribution in [2.75, 3.05) is 6.61 Å². The fraction of sp³-hybridized carbons (Fsp3) is 0.417. The second-order valence-electron chi connectivity index (χ2n) is 4.39. The second kappa shape index (κ2) is 5.92. The molecule has 0 aromatic heterocycles. The topological polar surface area (TPSA) is 69.6 Å². The predicted molar refractivity (Wildman–Crippen MR) is 61.2 cm³/mol. The maximum absolute atomic E-state index is 13.5. The molecule has 0 spiro atoms. The second-order valence-corrected chi connectivity index (χ2v) is 4.39. The largest absolute Gasteiger partial charge is 0.503 e. The molecule has 0 aliphatic carbocycles. The number of carbonyl (C=O) groups is 1. The molecule has 7 heteroatoms. The third kappa shape index (κ3) is 3.17. The van der Waals surface area contributed by atoms with Crippen molar-refractivity contribution in [2.24, 2.45) is 5.92 Å². The molecule has 0 aliphatic rings. The number of nitrogens with one attached hydrogen (secondary N) is 1. The Bertz CT molecular complexity index is 492. The van der Waals surface area contributed by atoms with Gasteiger partial charge in [-0.1, -0.05) is 13.8 Å². The van der Waals surface area contributed by atoms with E-state index < -0.39 is 40.7 Å². The fourth-order valence-corrected chi connectivity index (χ4v) is 1.42. The molecule has 1 unspecified atom stereocenters. The number of phenolic OH excluding ortho intramolecular Hbond substituents is 1. The molecule has 1 aromatic carbocycles. The molecule has 19 heavy (non-hydrogen) atoms. The highest BCUT2D eigenvalue weighted by molar-refractivity contribution is 5.95. The Morgan fingerprint density at radius 3 is 2.37 bits per heavy atom. The van der Waals surface area contributed by atoms with Crippen LogP contribution in [-0.2, 0) is 0 Å². The number of hydrogen-bond acceptors (Lipinski definition) is 3. The van der Waals surface area contributed by atoms with E-state index in [2.05, 4.69) is 5.32 Å². The highest BCUT2D eigenvalue weighted by Crippen LogP contribution is 2.25. The number of aliphatic hydroxyl groups is 1. The monoisotopic (exact) mass is 277 g/mol. The molecule has 1 rings (SSSR count). The van der Waals surface area contributed by atoms with Gasteiger partial charge in [0.1, 0.15) is 0 Å². The first kappa shape index (κ1) is 15.3. The van der Waals surface area contributed by atoms with Crippen LogP contribution in [0.3, 0.4) is 0 Å². The maximum Gasteiger partial charge on any atom is 0.254 e. The van der Waals surface area contributed by atoms with Crippen molar-refractivity contribution in [3.05, 3.63) is 29.1 Å². The molecule has 1 atom stereocenters. The molecule has 1 amide bonds. The summed E-state index contributed by atoms with van der Waals surface area (Å²) in [5, 5.41) is 20.3. The van der Waals surface area contributed by atoms with Crippen molar-refractivity contribution in [1.82, 2.24) is 5.32 Å². The van der Waals surface area contributed by atoms with Crippen LogP contribution < -0.4 is 5.32 Å². The van der Waals surface area contributed by atoms with Crippen LogP contribution in [0.25, 0.3) is 0 Å². The lowest BCUT2D eigenvalue weighted by atomic mass is 10.0. The van der Waals surface area contributed by atoms with Gasteiger partial charge in [0, 0.05) is 0 Å². The van der Waals surface area contributed by atoms with Gasteiger partial charge in [0.15, 0.2) is 17.4 Å². The molecule has 0 saturated heterocycles. The lowest BCUT2D eigenvalue weighted by Crippen LogP contribution is -2.41. The number of rotatable bonds is 4. The third-order valence-electron chi connectivity index (χ3n) is 2.70. The minimum absolute atomic E-state index is 0.143. The summed E-state index contributed by atoms with van der Waals surface area (Å²) in [7, 11) is 0. The van der Waals surface area contributed by atoms with Crippen LogP contribution in [0.2, 0.25) is 0 Å². The van der Waals surface area contributed by atoms with Crippen LogP contribution in [-0.4, -0.2) is 28.8 Å². The molecule has 0 heterocycles. The van der Waals surface area contributed by atoms with Gasteiger partial charge in [-0.15, -0.1) is 0 Å². The van der Waals surface area contributed by atoms with Crippen molar-refractivity contribution in [1.29, 1.82) is 0 Å². The van der Waals surface area contributed by atoms with Gasteiger partial charge >= 0.3 is 0 Å². The predicted octanol–water partition coefficient (Wildman–Crippen LogP) is 1.56. The molecule has 106 valence electrons. The Hall–Kier alpha value is -1.76. The zero-order valence-corrected chi connectivity index (χ0v) is 10.4. The van der Waals surface area contributed by atoms with E-state index in [0.717, 1.165) is 0 Å². The summed E-state index contributed by atoms with van der Waals surface area (Å²) >= 11 is 0. The van der Waals surface area contributed by atoms with E-state index in [4.69, 9.17) is 10.2 Å². The molecule has 0 bridgehead atoms. The highest BCUT2D eigenvalue weighted by atomic mass is 19.2. The van der Waals surface area contributed by atoms with Gasteiger partial charge in [-0.05, 0) is 12.0 Å². The molecule has 3 N–H and O–H groups in total. The first-order chi connectivity index (χ1) is 8.79. The van der Waals surface area contributed by atoms with Gasteiger partial charge in [0.05, 0.1) is 18.2 Å². The molecule has 0 aliphatic heterocycles. The van der Waals surface area contributed by atoms with Crippen LogP contribution in [0.5, 0.6) is 5.75 Å². The van der Waals surface area contributed by atoms with Crippen LogP contribution in [0.1, 0.15) is 24.2 Å². The Kier molecular flexibility index (Phi) is 4.77. The van der Waals surface area contributed by atoms with E-state index in [0.29, 0.717) is 6.07 Å². The van der Waals surface area contributed by atoms with Crippen molar-refractivity contribution < 1.29 is 28.2 Å². The maximum atomic E-state index is 13.5.